The molecule has 0 saturated carbocycles. The predicted molar refractivity (Wildman–Crippen MR) is 92.9 cm³/mol. The van der Waals surface area contributed by atoms with E-state index in [0.29, 0.717) is 18.5 Å². The van der Waals surface area contributed by atoms with Crippen LogP contribution in [0.15, 0.2) is 60.7 Å². The minimum Gasteiger partial charge on any atom is -0.496 e. The Hall–Kier alpha value is -2.88. The maximum absolute atomic E-state index is 12.9. The maximum Gasteiger partial charge on any atom is 0.251 e. The van der Waals surface area contributed by atoms with Crippen molar-refractivity contribution in [1.82, 2.24) is 5.32 Å². The molecule has 1 amide bonds. The highest BCUT2D eigenvalue weighted by Crippen LogP contribution is 2.28. The smallest absolute Gasteiger partial charge is 0.251 e. The number of hydrogen-bond acceptors (Lipinski definition) is 2. The Morgan fingerprint density at radius 3 is 2.42 bits per heavy atom. The van der Waals surface area contributed by atoms with Gasteiger partial charge in [-0.3, -0.25) is 4.79 Å². The van der Waals surface area contributed by atoms with Gasteiger partial charge in [-0.2, -0.15) is 0 Å². The molecule has 3 aromatic carbocycles. The average Bonchev–Trinajstić information content (AvgIpc) is 2.62. The number of rotatable bonds is 5. The Morgan fingerprint density at radius 1 is 1.00 bits per heavy atom. The summed E-state index contributed by atoms with van der Waals surface area (Å²) >= 11 is 0. The number of carbonyl (C=O) groups is 1. The average molecular weight is 323 g/mol. The summed E-state index contributed by atoms with van der Waals surface area (Å²) in [6, 6.07) is 17.5. The Kier molecular flexibility index (Phi) is 4.75. The molecule has 0 unspecified atom stereocenters. The largest absolute Gasteiger partial charge is 0.496 e. The van der Waals surface area contributed by atoms with Crippen molar-refractivity contribution in [2.45, 2.75) is 6.42 Å². The van der Waals surface area contributed by atoms with E-state index in [1.165, 1.54) is 12.1 Å². The molecule has 0 aliphatic carbocycles. The van der Waals surface area contributed by atoms with Crippen molar-refractivity contribution >= 4 is 16.7 Å². The lowest BCUT2D eigenvalue weighted by Crippen LogP contribution is -2.25. The molecule has 0 aromatic heterocycles. The first-order chi connectivity index (χ1) is 11.7. The summed E-state index contributed by atoms with van der Waals surface area (Å²) in [4.78, 5) is 12.5. The van der Waals surface area contributed by atoms with E-state index in [1.807, 2.05) is 24.3 Å². The van der Waals surface area contributed by atoms with E-state index in [9.17, 15) is 9.18 Å². The van der Waals surface area contributed by atoms with Gasteiger partial charge >= 0.3 is 0 Å². The third-order valence-electron chi connectivity index (χ3n) is 3.96. The van der Waals surface area contributed by atoms with Crippen LogP contribution >= 0.6 is 0 Å². The molecule has 0 fully saturated rings. The van der Waals surface area contributed by atoms with Gasteiger partial charge < -0.3 is 10.1 Å². The molecule has 0 bridgehead atoms. The minimum atomic E-state index is -0.257. The molecule has 0 aliphatic heterocycles. The molecular weight excluding hydrogens is 305 g/mol. The van der Waals surface area contributed by atoms with Crippen molar-refractivity contribution in [3.8, 4) is 5.75 Å². The van der Waals surface area contributed by atoms with Gasteiger partial charge in [-0.1, -0.05) is 36.4 Å². The Bertz CT molecular complexity index is 859. The number of ether oxygens (including phenoxy) is 1. The summed E-state index contributed by atoms with van der Waals surface area (Å²) in [5.41, 5.74) is 1.60. The highest BCUT2D eigenvalue weighted by atomic mass is 19.1. The van der Waals surface area contributed by atoms with Crippen LogP contribution in [0.25, 0.3) is 10.8 Å². The van der Waals surface area contributed by atoms with E-state index in [1.54, 1.807) is 31.4 Å². The van der Waals surface area contributed by atoms with Crippen molar-refractivity contribution in [2.75, 3.05) is 13.7 Å². The lowest BCUT2D eigenvalue weighted by molar-refractivity contribution is 0.0956. The highest BCUT2D eigenvalue weighted by molar-refractivity contribution is 6.08. The molecule has 4 heteroatoms. The molecule has 1 N–H and O–H groups in total. The second kappa shape index (κ2) is 7.13. The van der Waals surface area contributed by atoms with Crippen molar-refractivity contribution in [3.63, 3.8) is 0 Å². The van der Waals surface area contributed by atoms with Crippen LogP contribution in [0.1, 0.15) is 15.9 Å². The number of benzene rings is 3. The van der Waals surface area contributed by atoms with Gasteiger partial charge in [0.05, 0.1) is 7.11 Å². The molecule has 0 heterocycles. The van der Waals surface area contributed by atoms with E-state index >= 15 is 0 Å². The summed E-state index contributed by atoms with van der Waals surface area (Å²) in [5.74, 6) is 0.358. The van der Waals surface area contributed by atoms with Gasteiger partial charge in [0.25, 0.3) is 5.91 Å². The van der Waals surface area contributed by atoms with Crippen LogP contribution in [-0.2, 0) is 6.42 Å². The molecule has 0 atom stereocenters. The second-order valence-electron chi connectivity index (χ2n) is 5.49. The predicted octanol–water partition coefficient (Wildman–Crippen LogP) is 3.96. The number of methoxy groups -OCH3 is 1. The topological polar surface area (TPSA) is 38.3 Å². The fraction of sp³-hybridized carbons (Fsp3) is 0.150. The van der Waals surface area contributed by atoms with Gasteiger partial charge in [0.2, 0.25) is 0 Å². The van der Waals surface area contributed by atoms with Crippen LogP contribution in [0.4, 0.5) is 4.39 Å². The third kappa shape index (κ3) is 3.38. The molecule has 0 saturated heterocycles. The van der Waals surface area contributed by atoms with E-state index in [0.717, 1.165) is 22.1 Å². The molecule has 3 rings (SSSR count). The molecule has 24 heavy (non-hydrogen) atoms. The number of hydrogen-bond donors (Lipinski definition) is 1. The third-order valence-corrected chi connectivity index (χ3v) is 3.96. The molecule has 0 spiro atoms. The summed E-state index contributed by atoms with van der Waals surface area (Å²) in [6.45, 7) is 0.491. The lowest BCUT2D eigenvalue weighted by atomic mass is 10.0. The minimum absolute atomic E-state index is 0.129. The normalized spacial score (nSPS) is 10.6. The fourth-order valence-electron chi connectivity index (χ4n) is 2.71. The molecule has 0 radical (unpaired) electrons. The first-order valence-electron chi connectivity index (χ1n) is 7.77. The SMILES string of the molecule is COc1ccc(C(=O)NCCc2ccc(F)cc2)c2ccccc12. The van der Waals surface area contributed by atoms with Gasteiger partial charge in [0, 0.05) is 17.5 Å². The van der Waals surface area contributed by atoms with Crippen LogP contribution in [0.5, 0.6) is 5.75 Å². The van der Waals surface area contributed by atoms with E-state index in [2.05, 4.69) is 5.32 Å². The van der Waals surface area contributed by atoms with Gasteiger partial charge in [-0.25, -0.2) is 4.39 Å². The highest BCUT2D eigenvalue weighted by Gasteiger charge is 2.12. The summed E-state index contributed by atoms with van der Waals surface area (Å²) < 4.78 is 18.2. The zero-order valence-electron chi connectivity index (χ0n) is 13.4. The van der Waals surface area contributed by atoms with Crippen LogP contribution < -0.4 is 10.1 Å². The number of fused-ring (bicyclic) bond motifs is 1. The number of halogens is 1. The van der Waals surface area contributed by atoms with Gasteiger partial charge in [0.15, 0.2) is 0 Å². The zero-order chi connectivity index (χ0) is 16.9. The summed E-state index contributed by atoms with van der Waals surface area (Å²) in [6.07, 6.45) is 0.653. The van der Waals surface area contributed by atoms with Crippen LogP contribution in [0.3, 0.4) is 0 Å². The van der Waals surface area contributed by atoms with Gasteiger partial charge in [-0.05, 0) is 41.6 Å². The van der Waals surface area contributed by atoms with Crippen LogP contribution in [-0.4, -0.2) is 19.6 Å². The molecular formula is C20H18FNO2. The zero-order valence-corrected chi connectivity index (χ0v) is 13.4. The molecule has 3 nitrogen and oxygen atoms in total. The van der Waals surface area contributed by atoms with Crippen molar-refractivity contribution in [1.29, 1.82) is 0 Å². The van der Waals surface area contributed by atoms with E-state index in [-0.39, 0.29) is 11.7 Å². The Labute approximate surface area is 140 Å². The number of nitrogens with one attached hydrogen (secondary N) is 1. The van der Waals surface area contributed by atoms with Gasteiger partial charge in [-0.15, -0.1) is 0 Å². The maximum atomic E-state index is 12.9. The summed E-state index contributed by atoms with van der Waals surface area (Å²) in [5, 5.41) is 4.68. The van der Waals surface area contributed by atoms with Gasteiger partial charge in [0.1, 0.15) is 11.6 Å². The van der Waals surface area contributed by atoms with Crippen molar-refractivity contribution in [3.05, 3.63) is 77.6 Å². The first-order valence-corrected chi connectivity index (χ1v) is 7.77. The van der Waals surface area contributed by atoms with E-state index in [4.69, 9.17) is 4.74 Å². The van der Waals surface area contributed by atoms with Crippen molar-refractivity contribution < 1.29 is 13.9 Å². The Balaban J connectivity index is 1.73. The van der Waals surface area contributed by atoms with Crippen molar-refractivity contribution in [2.24, 2.45) is 0 Å². The lowest BCUT2D eigenvalue weighted by Gasteiger charge is -2.11. The Morgan fingerprint density at radius 2 is 1.71 bits per heavy atom. The quantitative estimate of drug-likeness (QED) is 0.772. The standard InChI is InChI=1S/C20H18FNO2/c1-24-19-11-10-18(16-4-2-3-5-17(16)19)20(23)22-13-12-14-6-8-15(21)9-7-14/h2-11H,12-13H2,1H3,(H,22,23). The second-order valence-corrected chi connectivity index (χ2v) is 5.49. The molecule has 122 valence electrons. The number of amides is 1. The fourth-order valence-corrected chi connectivity index (χ4v) is 2.71. The molecule has 3 aromatic rings. The first kappa shape index (κ1) is 16.0. The molecule has 0 aliphatic rings. The van der Waals surface area contributed by atoms with Crippen LogP contribution in [0.2, 0.25) is 0 Å². The summed E-state index contributed by atoms with van der Waals surface area (Å²) in [7, 11) is 1.62. The number of carbonyl (C=O) groups excluding carboxylic acids is 1. The van der Waals surface area contributed by atoms with Crippen LogP contribution in [0, 0.1) is 5.82 Å². The van der Waals surface area contributed by atoms with E-state index < -0.39 is 0 Å². The monoisotopic (exact) mass is 323 g/mol.